The summed E-state index contributed by atoms with van der Waals surface area (Å²) in [6.45, 7) is 1.31. The summed E-state index contributed by atoms with van der Waals surface area (Å²) in [5, 5.41) is 9.43. The van der Waals surface area contributed by atoms with Crippen LogP contribution in [0.1, 0.15) is 19.8 Å². The number of hydrogen-bond acceptors (Lipinski definition) is 0. The molecular formula is C5H7F4O. The Balaban J connectivity index is 4.10. The van der Waals surface area contributed by atoms with Gasteiger partial charge in [-0.15, -0.1) is 0 Å². The van der Waals surface area contributed by atoms with E-state index < -0.39 is 18.5 Å². The van der Waals surface area contributed by atoms with Crippen LogP contribution in [0.2, 0.25) is 0 Å². The van der Waals surface area contributed by atoms with Gasteiger partial charge in [-0.3, -0.25) is 0 Å². The van der Waals surface area contributed by atoms with Crippen LogP contribution in [0.3, 0.4) is 0 Å². The monoisotopic (exact) mass is 159 g/mol. The first-order valence-corrected chi connectivity index (χ1v) is 2.77. The molecule has 0 saturated carbocycles. The summed E-state index contributed by atoms with van der Waals surface area (Å²) >= 11 is 0. The van der Waals surface area contributed by atoms with Gasteiger partial charge in [-0.25, -0.2) is 0 Å². The first kappa shape index (κ1) is 9.68. The molecule has 5 heteroatoms. The van der Waals surface area contributed by atoms with Crippen LogP contribution < -0.4 is 0 Å². The van der Waals surface area contributed by atoms with Crippen molar-refractivity contribution in [1.82, 2.24) is 0 Å². The van der Waals surface area contributed by atoms with Crippen LogP contribution in [0.4, 0.5) is 17.6 Å². The Morgan fingerprint density at radius 3 is 1.70 bits per heavy atom. The van der Waals surface area contributed by atoms with E-state index >= 15 is 0 Å². The zero-order valence-corrected chi connectivity index (χ0v) is 5.33. The molecule has 10 heavy (non-hydrogen) atoms. The van der Waals surface area contributed by atoms with E-state index in [0.29, 0.717) is 0 Å². The van der Waals surface area contributed by atoms with Crippen molar-refractivity contribution in [2.75, 3.05) is 0 Å². The van der Waals surface area contributed by atoms with Gasteiger partial charge in [-0.1, -0.05) is 13.3 Å². The summed E-state index contributed by atoms with van der Waals surface area (Å²) in [5.41, 5.74) is 0. The minimum Gasteiger partial charge on any atom is -0.197 e. The van der Waals surface area contributed by atoms with E-state index in [4.69, 9.17) is 0 Å². The fraction of sp³-hybridized carbons (Fsp3) is 1.00. The second kappa shape index (κ2) is 2.74. The molecule has 0 rings (SSSR count). The smallest absolute Gasteiger partial charge is 0.197 e. The fourth-order valence-corrected chi connectivity index (χ4v) is 0.460. The molecule has 0 unspecified atom stereocenters. The third-order valence-corrected chi connectivity index (χ3v) is 0.990. The molecule has 1 nitrogen and oxygen atoms in total. The topological polar surface area (TPSA) is 19.9 Å². The fourth-order valence-electron chi connectivity index (χ4n) is 0.460. The molecule has 0 atom stereocenters. The lowest BCUT2D eigenvalue weighted by Crippen LogP contribution is -2.38. The molecule has 0 N–H and O–H groups in total. The Hall–Kier alpha value is -0.320. The van der Waals surface area contributed by atoms with Crippen molar-refractivity contribution in [2.24, 2.45) is 0 Å². The summed E-state index contributed by atoms with van der Waals surface area (Å²) in [5.74, 6) is -4.40. The van der Waals surface area contributed by atoms with Crippen LogP contribution in [-0.2, 0) is 5.11 Å². The Kier molecular flexibility index (Phi) is 2.65. The largest absolute Gasteiger partial charge is 0.445 e. The summed E-state index contributed by atoms with van der Waals surface area (Å²) in [4.78, 5) is 0. The summed E-state index contributed by atoms with van der Waals surface area (Å²) < 4.78 is 46.5. The quantitative estimate of drug-likeness (QED) is 0.563. The number of halogens is 4. The van der Waals surface area contributed by atoms with Crippen molar-refractivity contribution < 1.29 is 22.7 Å². The molecule has 0 aliphatic rings. The van der Waals surface area contributed by atoms with Gasteiger partial charge in [0.1, 0.15) is 0 Å². The zero-order chi connectivity index (χ0) is 8.41. The third kappa shape index (κ3) is 2.13. The molecule has 0 aromatic carbocycles. The Labute approximate surface area is 55.7 Å². The van der Waals surface area contributed by atoms with Crippen LogP contribution >= 0.6 is 0 Å². The van der Waals surface area contributed by atoms with E-state index in [1.807, 2.05) is 0 Å². The SMILES string of the molecule is CCCC(F)(F)C([O])(F)F. The van der Waals surface area contributed by atoms with Crippen molar-refractivity contribution in [3.05, 3.63) is 0 Å². The van der Waals surface area contributed by atoms with Crippen LogP contribution in [0.15, 0.2) is 0 Å². The summed E-state index contributed by atoms with van der Waals surface area (Å²) in [7, 11) is 0. The lowest BCUT2D eigenvalue weighted by molar-refractivity contribution is -0.355. The van der Waals surface area contributed by atoms with E-state index in [9.17, 15) is 22.7 Å². The molecule has 1 radical (unpaired) electrons. The summed E-state index contributed by atoms with van der Waals surface area (Å²) in [6.07, 6.45) is -6.34. The van der Waals surface area contributed by atoms with Crippen molar-refractivity contribution in [3.8, 4) is 0 Å². The van der Waals surface area contributed by atoms with E-state index in [-0.39, 0.29) is 6.42 Å². The maximum Gasteiger partial charge on any atom is 0.445 e. The van der Waals surface area contributed by atoms with Gasteiger partial charge >= 0.3 is 12.0 Å². The molecule has 0 heterocycles. The highest BCUT2D eigenvalue weighted by Gasteiger charge is 2.55. The second-order valence-corrected chi connectivity index (χ2v) is 1.97. The lowest BCUT2D eigenvalue weighted by atomic mass is 10.2. The van der Waals surface area contributed by atoms with Gasteiger partial charge in [-0.2, -0.15) is 22.7 Å². The highest BCUT2D eigenvalue weighted by atomic mass is 19.3. The van der Waals surface area contributed by atoms with Gasteiger partial charge < -0.3 is 0 Å². The predicted molar refractivity (Wildman–Crippen MR) is 25.5 cm³/mol. The van der Waals surface area contributed by atoms with Crippen LogP contribution in [-0.4, -0.2) is 12.0 Å². The van der Waals surface area contributed by atoms with Gasteiger partial charge in [-0.05, 0) is 0 Å². The Morgan fingerprint density at radius 1 is 1.20 bits per heavy atom. The molecule has 0 aromatic rings. The third-order valence-electron chi connectivity index (χ3n) is 0.990. The minimum absolute atomic E-state index is 0.134. The van der Waals surface area contributed by atoms with E-state index in [1.54, 1.807) is 0 Å². The number of alkyl halides is 4. The lowest BCUT2D eigenvalue weighted by Gasteiger charge is -2.18. The van der Waals surface area contributed by atoms with Crippen LogP contribution in [0.25, 0.3) is 0 Å². The molecular weight excluding hydrogens is 152 g/mol. The van der Waals surface area contributed by atoms with Crippen LogP contribution in [0.5, 0.6) is 0 Å². The molecule has 0 amide bonds. The average Bonchev–Trinajstić information content (AvgIpc) is 1.61. The second-order valence-electron chi connectivity index (χ2n) is 1.97. The molecule has 61 valence electrons. The molecule has 0 bridgehead atoms. The zero-order valence-electron chi connectivity index (χ0n) is 5.33. The van der Waals surface area contributed by atoms with E-state index in [0.717, 1.165) is 0 Å². The van der Waals surface area contributed by atoms with Gasteiger partial charge in [0.25, 0.3) is 0 Å². The van der Waals surface area contributed by atoms with Crippen LogP contribution in [0, 0.1) is 0 Å². The van der Waals surface area contributed by atoms with E-state index in [2.05, 4.69) is 0 Å². The first-order chi connectivity index (χ1) is 4.31. The molecule has 0 aromatic heterocycles. The number of rotatable bonds is 3. The van der Waals surface area contributed by atoms with Gasteiger partial charge in [0.05, 0.1) is 0 Å². The minimum atomic E-state index is -5.14. The van der Waals surface area contributed by atoms with Gasteiger partial charge in [0, 0.05) is 6.42 Å². The van der Waals surface area contributed by atoms with E-state index in [1.165, 1.54) is 6.92 Å². The van der Waals surface area contributed by atoms with Crippen molar-refractivity contribution in [1.29, 1.82) is 0 Å². The molecule has 0 saturated heterocycles. The van der Waals surface area contributed by atoms with Gasteiger partial charge in [0.15, 0.2) is 0 Å². The van der Waals surface area contributed by atoms with Crippen molar-refractivity contribution in [2.45, 2.75) is 31.8 Å². The van der Waals surface area contributed by atoms with Gasteiger partial charge in [0.2, 0.25) is 0 Å². The molecule has 0 aliphatic heterocycles. The average molecular weight is 159 g/mol. The molecule has 0 aliphatic carbocycles. The highest BCUT2D eigenvalue weighted by Crippen LogP contribution is 2.35. The predicted octanol–water partition coefficient (Wildman–Crippen LogP) is 2.45. The van der Waals surface area contributed by atoms with Crippen molar-refractivity contribution >= 4 is 0 Å². The maximum absolute atomic E-state index is 11.9. The Morgan fingerprint density at radius 2 is 1.60 bits per heavy atom. The standard InChI is InChI=1S/C5H7F4O/c1-2-3-4(6,7)5(8,9)10/h2-3H2,1H3. The Bertz CT molecular complexity index is 107. The molecule has 0 fully saturated rings. The molecule has 0 spiro atoms. The highest BCUT2D eigenvalue weighted by molar-refractivity contribution is 4.73. The number of hydrogen-bond donors (Lipinski definition) is 0. The first-order valence-electron chi connectivity index (χ1n) is 2.77. The normalized spacial score (nSPS) is 13.8. The maximum atomic E-state index is 11.9. The van der Waals surface area contributed by atoms with Crippen molar-refractivity contribution in [3.63, 3.8) is 0 Å². The summed E-state index contributed by atoms with van der Waals surface area (Å²) in [6, 6.07) is 0.